The standard InChI is InChI=1S/C25H32F5NO2S3/c1-3-4-5-6-7-8-9-10-11-12-15-35-24(34)36-25(2,16-31)14-13-17(32)33-23-21(29)19(27)18(26)20(28)22(23)30/h3-15H2,1-2H3. The number of nitriles is 1. The zero-order valence-electron chi connectivity index (χ0n) is 20.6. The minimum absolute atomic E-state index is 0.0959. The molecule has 0 aliphatic carbocycles. The molecule has 0 spiro atoms. The quantitative estimate of drug-likeness (QED) is 0.0377. The van der Waals surface area contributed by atoms with E-state index in [1.807, 2.05) is 0 Å². The van der Waals surface area contributed by atoms with E-state index < -0.39 is 52.0 Å². The Morgan fingerprint density at radius 3 is 1.86 bits per heavy atom. The Bertz CT molecular complexity index is 897. The molecule has 0 saturated carbocycles. The lowest BCUT2D eigenvalue weighted by Gasteiger charge is -2.20. The molecule has 0 aromatic heterocycles. The van der Waals surface area contributed by atoms with Crippen LogP contribution in [0.15, 0.2) is 0 Å². The van der Waals surface area contributed by atoms with E-state index in [1.54, 1.807) is 6.92 Å². The summed E-state index contributed by atoms with van der Waals surface area (Å²) >= 11 is 7.89. The minimum atomic E-state index is -2.35. The summed E-state index contributed by atoms with van der Waals surface area (Å²) in [6.07, 6.45) is 11.7. The third-order valence-corrected chi connectivity index (χ3v) is 8.30. The molecule has 202 valence electrons. The first-order valence-electron chi connectivity index (χ1n) is 12.1. The molecular weight excluding hydrogens is 537 g/mol. The van der Waals surface area contributed by atoms with Gasteiger partial charge >= 0.3 is 5.97 Å². The van der Waals surface area contributed by atoms with Gasteiger partial charge in [0.1, 0.15) is 8.28 Å². The first-order chi connectivity index (χ1) is 17.1. The van der Waals surface area contributed by atoms with Crippen LogP contribution in [-0.4, -0.2) is 20.0 Å². The molecule has 1 atom stereocenters. The summed E-state index contributed by atoms with van der Waals surface area (Å²) in [6.45, 7) is 3.76. The number of thiocarbonyl (C=S) groups is 1. The number of esters is 1. The summed E-state index contributed by atoms with van der Waals surface area (Å²) in [5.74, 6) is -13.3. The van der Waals surface area contributed by atoms with Crippen molar-refractivity contribution in [1.82, 2.24) is 0 Å². The van der Waals surface area contributed by atoms with Crippen molar-refractivity contribution in [2.45, 2.75) is 95.6 Å². The second-order valence-electron chi connectivity index (χ2n) is 8.60. The van der Waals surface area contributed by atoms with Gasteiger partial charge in [-0.25, -0.2) is 13.2 Å². The number of rotatable bonds is 16. The molecule has 11 heteroatoms. The van der Waals surface area contributed by atoms with Crippen molar-refractivity contribution >= 4 is 45.2 Å². The van der Waals surface area contributed by atoms with Crippen LogP contribution in [0.1, 0.15) is 90.9 Å². The Morgan fingerprint density at radius 2 is 1.36 bits per heavy atom. The van der Waals surface area contributed by atoms with Gasteiger partial charge in [0.25, 0.3) is 0 Å². The van der Waals surface area contributed by atoms with Crippen LogP contribution in [0.5, 0.6) is 5.75 Å². The molecule has 1 unspecified atom stereocenters. The number of carbonyl (C=O) groups is 1. The van der Waals surface area contributed by atoms with E-state index in [0.29, 0.717) is 3.53 Å². The van der Waals surface area contributed by atoms with E-state index in [9.17, 15) is 32.0 Å². The van der Waals surface area contributed by atoms with Crippen LogP contribution in [0.2, 0.25) is 0 Å². The van der Waals surface area contributed by atoms with Gasteiger partial charge in [0.2, 0.25) is 34.8 Å². The molecule has 0 radical (unpaired) electrons. The van der Waals surface area contributed by atoms with Crippen molar-refractivity contribution in [1.29, 1.82) is 5.26 Å². The predicted molar refractivity (Wildman–Crippen MR) is 140 cm³/mol. The second kappa shape index (κ2) is 17.2. The van der Waals surface area contributed by atoms with Gasteiger partial charge in [-0.1, -0.05) is 88.7 Å². The zero-order valence-corrected chi connectivity index (χ0v) is 23.0. The lowest BCUT2D eigenvalue weighted by molar-refractivity contribution is -0.135. The molecule has 0 bridgehead atoms. The van der Waals surface area contributed by atoms with E-state index in [1.165, 1.54) is 63.1 Å². The third kappa shape index (κ3) is 11.3. The zero-order chi connectivity index (χ0) is 27.1. The minimum Gasteiger partial charge on any atom is -0.420 e. The number of nitrogens with zero attached hydrogens (tertiary/aromatic N) is 1. The highest BCUT2D eigenvalue weighted by atomic mass is 32.2. The lowest BCUT2D eigenvalue weighted by atomic mass is 10.1. The van der Waals surface area contributed by atoms with Gasteiger partial charge in [0, 0.05) is 6.42 Å². The molecule has 1 rings (SSSR count). The van der Waals surface area contributed by atoms with Gasteiger partial charge in [-0.2, -0.15) is 14.0 Å². The molecule has 0 aliphatic rings. The largest absolute Gasteiger partial charge is 0.420 e. The fraction of sp³-hybridized carbons (Fsp3) is 0.640. The summed E-state index contributed by atoms with van der Waals surface area (Å²) < 4.78 is 70.8. The molecule has 0 saturated heterocycles. The molecule has 0 fully saturated rings. The number of thioether (sulfide) groups is 2. The highest BCUT2D eigenvalue weighted by Crippen LogP contribution is 2.35. The van der Waals surface area contributed by atoms with E-state index in [-0.39, 0.29) is 6.42 Å². The molecule has 0 N–H and O–H groups in total. The predicted octanol–water partition coefficient (Wildman–Crippen LogP) is 9.02. The van der Waals surface area contributed by atoms with Crippen LogP contribution in [0, 0.1) is 40.4 Å². The summed E-state index contributed by atoms with van der Waals surface area (Å²) in [5.41, 5.74) is 0. The monoisotopic (exact) mass is 569 g/mol. The van der Waals surface area contributed by atoms with E-state index in [4.69, 9.17) is 12.2 Å². The number of benzene rings is 1. The highest BCUT2D eigenvalue weighted by Gasteiger charge is 2.31. The van der Waals surface area contributed by atoms with Gasteiger partial charge in [-0.15, -0.1) is 11.8 Å². The van der Waals surface area contributed by atoms with Crippen molar-refractivity contribution in [2.75, 3.05) is 5.75 Å². The molecule has 3 nitrogen and oxygen atoms in total. The Kier molecular flexibility index (Phi) is 15.6. The van der Waals surface area contributed by atoms with E-state index in [2.05, 4.69) is 17.7 Å². The second-order valence-corrected chi connectivity index (χ2v) is 12.4. The van der Waals surface area contributed by atoms with Crippen molar-refractivity contribution in [3.63, 3.8) is 0 Å². The van der Waals surface area contributed by atoms with Crippen LogP contribution in [0.3, 0.4) is 0 Å². The fourth-order valence-corrected chi connectivity index (χ4v) is 6.24. The van der Waals surface area contributed by atoms with Crippen LogP contribution in [0.25, 0.3) is 0 Å². The van der Waals surface area contributed by atoms with Gasteiger partial charge in [0.15, 0.2) is 0 Å². The van der Waals surface area contributed by atoms with Gasteiger partial charge in [-0.05, 0) is 25.5 Å². The summed E-state index contributed by atoms with van der Waals surface area (Å²) in [7, 11) is 0. The molecule has 1 aromatic carbocycles. The highest BCUT2D eigenvalue weighted by molar-refractivity contribution is 8.47. The molecule has 36 heavy (non-hydrogen) atoms. The number of hydrogen-bond donors (Lipinski definition) is 0. The van der Waals surface area contributed by atoms with Gasteiger partial charge in [-0.3, -0.25) is 4.79 Å². The van der Waals surface area contributed by atoms with Crippen molar-refractivity contribution in [3.05, 3.63) is 29.1 Å². The summed E-state index contributed by atoms with van der Waals surface area (Å²) in [6, 6.07) is 2.06. The van der Waals surface area contributed by atoms with Crippen LogP contribution < -0.4 is 4.74 Å². The number of ether oxygens (including phenoxy) is 1. The summed E-state index contributed by atoms with van der Waals surface area (Å²) in [5, 5.41) is 9.54. The maximum absolute atomic E-state index is 13.7. The topological polar surface area (TPSA) is 50.1 Å². The molecule has 0 aliphatic heterocycles. The average Bonchev–Trinajstić information content (AvgIpc) is 2.86. The Hall–Kier alpha value is -1.38. The van der Waals surface area contributed by atoms with E-state index >= 15 is 0 Å². The number of unbranched alkanes of at least 4 members (excludes halogenated alkanes) is 9. The van der Waals surface area contributed by atoms with Crippen LogP contribution in [0.4, 0.5) is 22.0 Å². The Balaban J connectivity index is 2.37. The molecule has 0 heterocycles. The Morgan fingerprint density at radius 1 is 0.889 bits per heavy atom. The first kappa shape index (κ1) is 32.6. The van der Waals surface area contributed by atoms with Gasteiger partial charge < -0.3 is 4.74 Å². The van der Waals surface area contributed by atoms with Crippen LogP contribution >= 0.6 is 35.7 Å². The average molecular weight is 570 g/mol. The maximum atomic E-state index is 13.7. The smallest absolute Gasteiger partial charge is 0.311 e. The third-order valence-electron chi connectivity index (χ3n) is 5.45. The normalized spacial score (nSPS) is 12.7. The van der Waals surface area contributed by atoms with E-state index in [0.717, 1.165) is 30.4 Å². The van der Waals surface area contributed by atoms with Crippen molar-refractivity contribution < 1.29 is 31.5 Å². The fourth-order valence-electron chi connectivity index (χ4n) is 3.27. The van der Waals surface area contributed by atoms with Crippen LogP contribution in [-0.2, 0) is 4.79 Å². The summed E-state index contributed by atoms with van der Waals surface area (Å²) in [4.78, 5) is 12.0. The SMILES string of the molecule is CCCCCCCCCCCCSC(=S)SC(C)(C#N)CCC(=O)Oc1c(F)c(F)c(F)c(F)c1F. The lowest BCUT2D eigenvalue weighted by Crippen LogP contribution is -2.22. The number of halogens is 5. The number of carbonyl (C=O) groups excluding carboxylic acids is 1. The molecular formula is C25H32F5NO2S3. The van der Waals surface area contributed by atoms with Crippen molar-refractivity contribution in [2.24, 2.45) is 0 Å². The van der Waals surface area contributed by atoms with Gasteiger partial charge in [0.05, 0.1) is 6.07 Å². The molecule has 1 aromatic rings. The first-order valence-corrected chi connectivity index (χ1v) is 14.3. The number of hydrogen-bond acceptors (Lipinski definition) is 6. The Labute approximate surface area is 223 Å². The molecule has 0 amide bonds. The maximum Gasteiger partial charge on any atom is 0.311 e. The van der Waals surface area contributed by atoms with Crippen molar-refractivity contribution in [3.8, 4) is 11.8 Å².